The van der Waals surface area contributed by atoms with Crippen LogP contribution in [0.4, 0.5) is 0 Å². The van der Waals surface area contributed by atoms with Crippen molar-refractivity contribution in [3.8, 4) is 0 Å². The maximum Gasteiger partial charge on any atom is 0.134 e. The molecule has 5 heteroatoms. The minimum Gasteiger partial charge on any atom is -0.311 e. The van der Waals surface area contributed by atoms with Gasteiger partial charge in [-0.15, -0.1) is 10.2 Å². The van der Waals surface area contributed by atoms with E-state index in [2.05, 4.69) is 22.4 Å². The van der Waals surface area contributed by atoms with Crippen LogP contribution in [0.2, 0.25) is 5.02 Å². The van der Waals surface area contributed by atoms with Crippen molar-refractivity contribution in [1.29, 1.82) is 0 Å². The molecule has 17 heavy (non-hydrogen) atoms. The largest absolute Gasteiger partial charge is 0.311 e. The minimum absolute atomic E-state index is 0.243. The van der Waals surface area contributed by atoms with Crippen LogP contribution in [-0.4, -0.2) is 17.2 Å². The average molecular weight is 268 g/mol. The molecule has 0 saturated heterocycles. The summed E-state index contributed by atoms with van der Waals surface area (Å²) in [6.45, 7) is 2.07. The monoisotopic (exact) mass is 267 g/mol. The second-order valence-corrected chi connectivity index (χ2v) is 5.31. The molecule has 1 unspecified atom stereocenters. The lowest BCUT2D eigenvalue weighted by Gasteiger charge is -2.03. The fraction of sp³-hybridized carbons (Fsp3) is 0.333. The predicted octanol–water partition coefficient (Wildman–Crippen LogP) is 3.06. The third-order valence-electron chi connectivity index (χ3n) is 2.59. The molecule has 0 aliphatic rings. The van der Waals surface area contributed by atoms with E-state index in [4.69, 9.17) is 11.6 Å². The Morgan fingerprint density at radius 2 is 2.12 bits per heavy atom. The van der Waals surface area contributed by atoms with Gasteiger partial charge in [0.1, 0.15) is 10.0 Å². The highest BCUT2D eigenvalue weighted by molar-refractivity contribution is 7.11. The van der Waals surface area contributed by atoms with Crippen molar-refractivity contribution < 1.29 is 0 Å². The van der Waals surface area contributed by atoms with Crippen LogP contribution in [0.5, 0.6) is 0 Å². The maximum absolute atomic E-state index is 6.11. The third-order valence-corrected chi connectivity index (χ3v) is 4.06. The van der Waals surface area contributed by atoms with Crippen LogP contribution in [-0.2, 0) is 6.42 Å². The first-order valence-corrected chi connectivity index (χ1v) is 6.63. The SMILES string of the molecule is CNC(C)c1nnc(Cc2ccccc2Cl)s1. The van der Waals surface area contributed by atoms with E-state index in [0.717, 1.165) is 27.0 Å². The quantitative estimate of drug-likeness (QED) is 0.925. The zero-order chi connectivity index (χ0) is 12.3. The van der Waals surface area contributed by atoms with Crippen LogP contribution >= 0.6 is 22.9 Å². The zero-order valence-electron chi connectivity index (χ0n) is 9.77. The molecule has 0 saturated carbocycles. The highest BCUT2D eigenvalue weighted by atomic mass is 35.5. The van der Waals surface area contributed by atoms with Gasteiger partial charge in [-0.2, -0.15) is 0 Å². The molecule has 2 aromatic rings. The summed E-state index contributed by atoms with van der Waals surface area (Å²) in [5, 5.41) is 14.3. The summed E-state index contributed by atoms with van der Waals surface area (Å²) in [7, 11) is 1.92. The summed E-state index contributed by atoms with van der Waals surface area (Å²) in [5.74, 6) is 0. The number of nitrogens with one attached hydrogen (secondary N) is 1. The van der Waals surface area contributed by atoms with E-state index in [1.807, 2.05) is 31.3 Å². The molecule has 0 fully saturated rings. The van der Waals surface area contributed by atoms with Gasteiger partial charge < -0.3 is 5.32 Å². The van der Waals surface area contributed by atoms with Crippen LogP contribution in [0, 0.1) is 0 Å². The van der Waals surface area contributed by atoms with Gasteiger partial charge in [0.15, 0.2) is 0 Å². The van der Waals surface area contributed by atoms with E-state index >= 15 is 0 Å². The number of hydrogen-bond donors (Lipinski definition) is 1. The molecule has 1 heterocycles. The van der Waals surface area contributed by atoms with Gasteiger partial charge in [-0.25, -0.2) is 0 Å². The standard InChI is InChI=1S/C12H14ClN3S/c1-8(14-2)12-16-15-11(17-12)7-9-5-3-4-6-10(9)13/h3-6,8,14H,7H2,1-2H3. The maximum atomic E-state index is 6.11. The minimum atomic E-state index is 0.243. The molecular weight excluding hydrogens is 254 g/mol. The lowest BCUT2D eigenvalue weighted by Crippen LogP contribution is -2.11. The summed E-state index contributed by atoms with van der Waals surface area (Å²) in [4.78, 5) is 0. The topological polar surface area (TPSA) is 37.8 Å². The van der Waals surface area contributed by atoms with Crippen LogP contribution in [0.25, 0.3) is 0 Å². The molecule has 0 aliphatic heterocycles. The van der Waals surface area contributed by atoms with Crippen LogP contribution in [0.3, 0.4) is 0 Å². The number of halogens is 1. The molecule has 0 aliphatic carbocycles. The molecule has 3 nitrogen and oxygen atoms in total. The predicted molar refractivity (Wildman–Crippen MR) is 71.6 cm³/mol. The molecule has 1 aromatic carbocycles. The number of rotatable bonds is 4. The fourth-order valence-electron chi connectivity index (χ4n) is 1.44. The Kier molecular flexibility index (Phi) is 4.10. The first-order chi connectivity index (χ1) is 8.20. The Morgan fingerprint density at radius 1 is 1.35 bits per heavy atom. The fourth-order valence-corrected chi connectivity index (χ4v) is 2.57. The molecule has 2 rings (SSSR count). The van der Waals surface area contributed by atoms with Crippen molar-refractivity contribution >= 4 is 22.9 Å². The van der Waals surface area contributed by atoms with Gasteiger partial charge in [0.25, 0.3) is 0 Å². The lowest BCUT2D eigenvalue weighted by molar-refractivity contribution is 0.639. The van der Waals surface area contributed by atoms with Gasteiger partial charge in [-0.1, -0.05) is 41.1 Å². The van der Waals surface area contributed by atoms with Gasteiger partial charge in [-0.3, -0.25) is 0 Å². The van der Waals surface area contributed by atoms with Crippen LogP contribution < -0.4 is 5.32 Å². The highest BCUT2D eigenvalue weighted by Gasteiger charge is 2.11. The number of nitrogens with zero attached hydrogens (tertiary/aromatic N) is 2. The van der Waals surface area contributed by atoms with Gasteiger partial charge in [0.05, 0.1) is 6.04 Å². The molecule has 0 amide bonds. The van der Waals surface area contributed by atoms with Gasteiger partial charge in [0, 0.05) is 11.4 Å². The Labute approximate surface area is 110 Å². The van der Waals surface area contributed by atoms with E-state index in [1.54, 1.807) is 11.3 Å². The summed E-state index contributed by atoms with van der Waals surface area (Å²) < 4.78 is 0. The van der Waals surface area contributed by atoms with Crippen molar-refractivity contribution in [3.63, 3.8) is 0 Å². The summed E-state index contributed by atoms with van der Waals surface area (Å²) in [6, 6.07) is 8.08. The van der Waals surface area contributed by atoms with Crippen LogP contribution in [0.1, 0.15) is 28.5 Å². The Hall–Kier alpha value is -0.970. The normalized spacial score (nSPS) is 12.6. The van der Waals surface area contributed by atoms with E-state index < -0.39 is 0 Å². The Morgan fingerprint density at radius 3 is 2.82 bits per heavy atom. The smallest absolute Gasteiger partial charge is 0.134 e. The average Bonchev–Trinajstić information content (AvgIpc) is 2.80. The molecular formula is C12H14ClN3S. The van der Waals surface area contributed by atoms with E-state index in [9.17, 15) is 0 Å². The van der Waals surface area contributed by atoms with E-state index in [-0.39, 0.29) is 6.04 Å². The van der Waals surface area contributed by atoms with E-state index in [1.165, 1.54) is 0 Å². The number of aromatic nitrogens is 2. The summed E-state index contributed by atoms with van der Waals surface area (Å²) in [6.07, 6.45) is 0.744. The number of hydrogen-bond acceptors (Lipinski definition) is 4. The second-order valence-electron chi connectivity index (χ2n) is 3.81. The molecule has 1 atom stereocenters. The van der Waals surface area contributed by atoms with Gasteiger partial charge >= 0.3 is 0 Å². The molecule has 0 bridgehead atoms. The summed E-state index contributed by atoms with van der Waals surface area (Å²) in [5.41, 5.74) is 1.09. The zero-order valence-corrected chi connectivity index (χ0v) is 11.3. The highest BCUT2D eigenvalue weighted by Crippen LogP contribution is 2.23. The Balaban J connectivity index is 2.14. The molecule has 0 spiro atoms. The van der Waals surface area contributed by atoms with E-state index in [0.29, 0.717) is 0 Å². The molecule has 1 N–H and O–H groups in total. The van der Waals surface area contributed by atoms with Crippen molar-refractivity contribution in [2.75, 3.05) is 7.05 Å². The second kappa shape index (κ2) is 5.58. The van der Waals surface area contributed by atoms with Crippen molar-refractivity contribution in [3.05, 3.63) is 44.9 Å². The van der Waals surface area contributed by atoms with Crippen molar-refractivity contribution in [2.24, 2.45) is 0 Å². The number of benzene rings is 1. The molecule has 0 radical (unpaired) electrons. The first-order valence-electron chi connectivity index (χ1n) is 5.43. The Bertz CT molecular complexity index is 498. The molecule has 90 valence electrons. The molecule has 1 aromatic heterocycles. The van der Waals surface area contributed by atoms with Gasteiger partial charge in [0.2, 0.25) is 0 Å². The van der Waals surface area contributed by atoms with Crippen LogP contribution in [0.15, 0.2) is 24.3 Å². The van der Waals surface area contributed by atoms with Gasteiger partial charge in [-0.05, 0) is 25.6 Å². The first kappa shape index (κ1) is 12.5. The van der Waals surface area contributed by atoms with Crippen molar-refractivity contribution in [2.45, 2.75) is 19.4 Å². The lowest BCUT2D eigenvalue weighted by atomic mass is 10.2. The van der Waals surface area contributed by atoms with Crippen molar-refractivity contribution in [1.82, 2.24) is 15.5 Å². The summed E-state index contributed by atoms with van der Waals surface area (Å²) >= 11 is 7.74. The third kappa shape index (κ3) is 3.03.